The summed E-state index contributed by atoms with van der Waals surface area (Å²) in [6.07, 6.45) is 1.93. The van der Waals surface area contributed by atoms with Crippen molar-refractivity contribution < 1.29 is 22.7 Å². The smallest absolute Gasteiger partial charge is 0.313 e. The number of rotatable bonds is 5. The lowest BCUT2D eigenvalue weighted by Gasteiger charge is -2.27. The van der Waals surface area contributed by atoms with E-state index in [9.17, 15) is 18.0 Å². The average molecular weight is 391 g/mol. The van der Waals surface area contributed by atoms with Crippen LogP contribution in [0.1, 0.15) is 6.42 Å². The van der Waals surface area contributed by atoms with Gasteiger partial charge in [0.1, 0.15) is 0 Å². The molecule has 9 heteroatoms. The number of amides is 2. The van der Waals surface area contributed by atoms with Crippen molar-refractivity contribution in [2.75, 3.05) is 37.1 Å². The van der Waals surface area contributed by atoms with Gasteiger partial charge in [0.2, 0.25) is 0 Å². The molecule has 1 aliphatic heterocycles. The molecule has 0 saturated carbocycles. The highest BCUT2D eigenvalue weighted by molar-refractivity contribution is 7.91. The number of nitrogens with zero attached hydrogens (tertiary/aromatic N) is 2. The summed E-state index contributed by atoms with van der Waals surface area (Å²) >= 11 is 0. The van der Waals surface area contributed by atoms with Gasteiger partial charge in [-0.15, -0.1) is 0 Å². The molecule has 3 rings (SSSR count). The second-order valence-electron chi connectivity index (χ2n) is 6.38. The number of nitrogens with one attached hydrogen (secondary N) is 1. The third kappa shape index (κ3) is 4.42. The zero-order valence-electron chi connectivity index (χ0n) is 14.9. The summed E-state index contributed by atoms with van der Waals surface area (Å²) in [5.74, 6) is -1.72. The second kappa shape index (κ2) is 8.01. The maximum atomic E-state index is 12.7. The summed E-state index contributed by atoms with van der Waals surface area (Å²) in [6.45, 7) is 0.363. The molecule has 1 saturated heterocycles. The zero-order valence-corrected chi connectivity index (χ0v) is 15.7. The average Bonchev–Trinajstić information content (AvgIpc) is 3.01. The molecule has 0 radical (unpaired) electrons. The number of sulfone groups is 1. The Morgan fingerprint density at radius 1 is 1.30 bits per heavy atom. The number of hydrogen-bond donors (Lipinski definition) is 1. The molecule has 0 spiro atoms. The standard InChI is InChI=1S/C18H21N3O5S/c1-26-10-9-21(14-7-11-27(24,25)12-14)18(23)17(22)20-15-6-2-4-13-5-3-8-19-16(13)15/h2-6,8,14H,7,9-12H2,1H3,(H,20,22). The number of fused-ring (bicyclic) bond motifs is 1. The third-order valence-corrected chi connectivity index (χ3v) is 6.27. The number of anilines is 1. The van der Waals surface area contributed by atoms with Crippen LogP contribution in [0.2, 0.25) is 0 Å². The second-order valence-corrected chi connectivity index (χ2v) is 8.61. The largest absolute Gasteiger partial charge is 0.383 e. The van der Waals surface area contributed by atoms with Crippen LogP contribution in [0.15, 0.2) is 36.5 Å². The molecule has 2 amide bonds. The van der Waals surface area contributed by atoms with Crippen molar-refractivity contribution in [3.8, 4) is 0 Å². The molecule has 27 heavy (non-hydrogen) atoms. The van der Waals surface area contributed by atoms with Crippen LogP contribution in [-0.2, 0) is 24.2 Å². The summed E-state index contributed by atoms with van der Waals surface area (Å²) < 4.78 is 28.5. The normalized spacial score (nSPS) is 18.3. The van der Waals surface area contributed by atoms with Crippen molar-refractivity contribution in [2.24, 2.45) is 0 Å². The number of aromatic nitrogens is 1. The van der Waals surface area contributed by atoms with Gasteiger partial charge in [-0.25, -0.2) is 8.42 Å². The number of pyridine rings is 1. The fourth-order valence-corrected chi connectivity index (χ4v) is 4.90. The first-order valence-electron chi connectivity index (χ1n) is 8.56. The Kier molecular flexibility index (Phi) is 5.71. The van der Waals surface area contributed by atoms with E-state index >= 15 is 0 Å². The Morgan fingerprint density at radius 3 is 2.78 bits per heavy atom. The first kappa shape index (κ1) is 19.2. The highest BCUT2D eigenvalue weighted by atomic mass is 32.2. The highest BCUT2D eigenvalue weighted by Gasteiger charge is 2.36. The van der Waals surface area contributed by atoms with Gasteiger partial charge in [0, 0.05) is 31.3 Å². The lowest BCUT2D eigenvalue weighted by molar-refractivity contribution is -0.144. The SMILES string of the molecule is COCCN(C(=O)C(=O)Nc1cccc2cccnc12)C1CCS(=O)(=O)C1. The molecule has 1 fully saturated rings. The Labute approximate surface area is 157 Å². The Hall–Kier alpha value is -2.52. The molecule has 2 heterocycles. The summed E-state index contributed by atoms with van der Waals surface area (Å²) in [7, 11) is -1.71. The van der Waals surface area contributed by atoms with Crippen molar-refractivity contribution in [2.45, 2.75) is 12.5 Å². The minimum Gasteiger partial charge on any atom is -0.383 e. The van der Waals surface area contributed by atoms with Crippen LogP contribution >= 0.6 is 0 Å². The molecule has 1 aliphatic rings. The molecule has 0 aliphatic carbocycles. The van der Waals surface area contributed by atoms with Gasteiger partial charge < -0.3 is 15.0 Å². The van der Waals surface area contributed by atoms with Gasteiger partial charge in [-0.2, -0.15) is 0 Å². The first-order valence-corrected chi connectivity index (χ1v) is 10.4. The van der Waals surface area contributed by atoms with Gasteiger partial charge in [-0.1, -0.05) is 18.2 Å². The highest BCUT2D eigenvalue weighted by Crippen LogP contribution is 2.22. The summed E-state index contributed by atoms with van der Waals surface area (Å²) in [5.41, 5.74) is 1.00. The van der Waals surface area contributed by atoms with Crippen LogP contribution in [0, 0.1) is 0 Å². The van der Waals surface area contributed by atoms with Crippen LogP contribution in [0.5, 0.6) is 0 Å². The molecule has 2 aromatic rings. The number of para-hydroxylation sites is 1. The van der Waals surface area contributed by atoms with E-state index in [-0.39, 0.29) is 24.7 Å². The molecule has 1 unspecified atom stereocenters. The number of methoxy groups -OCH3 is 1. The van der Waals surface area contributed by atoms with Gasteiger partial charge in [-0.3, -0.25) is 14.6 Å². The monoisotopic (exact) mass is 391 g/mol. The van der Waals surface area contributed by atoms with Crippen LogP contribution in [0.3, 0.4) is 0 Å². The molecule has 0 bridgehead atoms. The van der Waals surface area contributed by atoms with Crippen molar-refractivity contribution in [3.63, 3.8) is 0 Å². The maximum absolute atomic E-state index is 12.7. The van der Waals surface area contributed by atoms with Crippen molar-refractivity contribution in [3.05, 3.63) is 36.5 Å². The number of ether oxygens (including phenoxy) is 1. The van der Waals surface area contributed by atoms with E-state index in [2.05, 4.69) is 10.3 Å². The maximum Gasteiger partial charge on any atom is 0.313 e. The van der Waals surface area contributed by atoms with E-state index in [1.54, 1.807) is 24.4 Å². The topological polar surface area (TPSA) is 106 Å². The Morgan fingerprint density at radius 2 is 2.07 bits per heavy atom. The molecular weight excluding hydrogens is 370 g/mol. The zero-order chi connectivity index (χ0) is 19.4. The quantitative estimate of drug-likeness (QED) is 0.757. The fraction of sp³-hybridized carbons (Fsp3) is 0.389. The lowest BCUT2D eigenvalue weighted by Crippen LogP contribution is -2.48. The van der Waals surface area contributed by atoms with E-state index in [1.165, 1.54) is 12.0 Å². The van der Waals surface area contributed by atoms with E-state index < -0.39 is 27.7 Å². The van der Waals surface area contributed by atoms with Crippen molar-refractivity contribution in [1.29, 1.82) is 0 Å². The van der Waals surface area contributed by atoms with E-state index in [1.807, 2.05) is 12.1 Å². The summed E-state index contributed by atoms with van der Waals surface area (Å²) in [5, 5.41) is 3.44. The third-order valence-electron chi connectivity index (χ3n) is 4.52. The Balaban J connectivity index is 1.79. The van der Waals surface area contributed by atoms with Gasteiger partial charge in [-0.05, 0) is 18.6 Å². The van der Waals surface area contributed by atoms with Crippen molar-refractivity contribution in [1.82, 2.24) is 9.88 Å². The molecule has 144 valence electrons. The molecule has 8 nitrogen and oxygen atoms in total. The molecular formula is C18H21N3O5S. The molecule has 1 aromatic carbocycles. The van der Waals surface area contributed by atoms with Crippen LogP contribution in [-0.4, -0.2) is 67.9 Å². The summed E-state index contributed by atoms with van der Waals surface area (Å²) in [4.78, 5) is 30.8. The Bertz CT molecular complexity index is 955. The lowest BCUT2D eigenvalue weighted by atomic mass is 10.2. The van der Waals surface area contributed by atoms with Gasteiger partial charge >= 0.3 is 11.8 Å². The van der Waals surface area contributed by atoms with E-state index in [0.29, 0.717) is 17.6 Å². The van der Waals surface area contributed by atoms with Crippen LogP contribution < -0.4 is 5.32 Å². The fourth-order valence-electron chi connectivity index (χ4n) is 3.17. The molecule has 1 aromatic heterocycles. The van der Waals surface area contributed by atoms with Crippen LogP contribution in [0.25, 0.3) is 10.9 Å². The minimum atomic E-state index is -3.19. The first-order chi connectivity index (χ1) is 12.9. The number of benzene rings is 1. The van der Waals surface area contributed by atoms with Gasteiger partial charge in [0.25, 0.3) is 0 Å². The molecule has 1 N–H and O–H groups in total. The molecule has 1 atom stereocenters. The minimum absolute atomic E-state index is 0.0172. The summed E-state index contributed by atoms with van der Waals surface area (Å²) in [6, 6.07) is 8.40. The van der Waals surface area contributed by atoms with Crippen LogP contribution in [0.4, 0.5) is 5.69 Å². The number of carbonyl (C=O) groups is 2. The van der Waals surface area contributed by atoms with E-state index in [4.69, 9.17) is 4.74 Å². The number of hydrogen-bond acceptors (Lipinski definition) is 6. The van der Waals surface area contributed by atoms with Gasteiger partial charge in [0.15, 0.2) is 9.84 Å². The van der Waals surface area contributed by atoms with Gasteiger partial charge in [0.05, 0.1) is 29.3 Å². The van der Waals surface area contributed by atoms with E-state index in [0.717, 1.165) is 5.39 Å². The predicted octanol–water partition coefficient (Wildman–Crippen LogP) is 0.835. The number of carbonyl (C=O) groups excluding carboxylic acids is 2. The predicted molar refractivity (Wildman–Crippen MR) is 101 cm³/mol. The van der Waals surface area contributed by atoms with Crippen molar-refractivity contribution >= 4 is 38.2 Å².